The molecular formula is C15H16N2O2S. The molecule has 2 amide bonds. The van der Waals surface area contributed by atoms with E-state index in [2.05, 4.69) is 0 Å². The number of thiophene rings is 1. The molecule has 0 unspecified atom stereocenters. The molecule has 2 heterocycles. The summed E-state index contributed by atoms with van der Waals surface area (Å²) in [5.41, 5.74) is 6.03. The highest BCUT2D eigenvalue weighted by molar-refractivity contribution is 7.17. The molecule has 20 heavy (non-hydrogen) atoms. The minimum Gasteiger partial charge on any atom is -0.369 e. The second-order valence-electron chi connectivity index (χ2n) is 5.17. The van der Waals surface area contributed by atoms with Crippen molar-refractivity contribution in [1.82, 2.24) is 4.90 Å². The van der Waals surface area contributed by atoms with Gasteiger partial charge in [-0.3, -0.25) is 9.59 Å². The van der Waals surface area contributed by atoms with Crippen LogP contribution in [0.1, 0.15) is 23.2 Å². The van der Waals surface area contributed by atoms with Crippen molar-refractivity contribution in [1.29, 1.82) is 0 Å². The minimum absolute atomic E-state index is 0.0101. The highest BCUT2D eigenvalue weighted by Gasteiger charge is 2.27. The van der Waals surface area contributed by atoms with Crippen molar-refractivity contribution >= 4 is 33.2 Å². The molecule has 0 saturated carbocycles. The number of fused-ring (bicyclic) bond motifs is 1. The summed E-state index contributed by atoms with van der Waals surface area (Å²) < 4.78 is 1.18. The molecule has 3 rings (SSSR count). The van der Waals surface area contributed by atoms with Gasteiger partial charge in [0.2, 0.25) is 5.91 Å². The van der Waals surface area contributed by atoms with Crippen molar-refractivity contribution in [2.45, 2.75) is 12.8 Å². The molecule has 2 aromatic rings. The number of carbonyl (C=O) groups is 2. The van der Waals surface area contributed by atoms with Gasteiger partial charge in [-0.2, -0.15) is 0 Å². The Labute approximate surface area is 121 Å². The lowest BCUT2D eigenvalue weighted by atomic mass is 9.97. The Morgan fingerprint density at radius 1 is 1.30 bits per heavy atom. The SMILES string of the molecule is NC(=O)[C@@H]1CCCN(C(=O)c2ccc3sccc3c2)C1. The third-order valence-corrected chi connectivity index (χ3v) is 4.71. The van der Waals surface area contributed by atoms with E-state index in [0.717, 1.165) is 18.2 Å². The van der Waals surface area contributed by atoms with Crippen LogP contribution >= 0.6 is 11.3 Å². The van der Waals surface area contributed by atoms with Gasteiger partial charge in [0.15, 0.2) is 0 Å². The summed E-state index contributed by atoms with van der Waals surface area (Å²) in [6.07, 6.45) is 1.61. The lowest BCUT2D eigenvalue weighted by Crippen LogP contribution is -2.44. The zero-order valence-electron chi connectivity index (χ0n) is 11.0. The highest BCUT2D eigenvalue weighted by atomic mass is 32.1. The van der Waals surface area contributed by atoms with Crippen molar-refractivity contribution in [2.24, 2.45) is 11.7 Å². The number of piperidine rings is 1. The number of amides is 2. The van der Waals surface area contributed by atoms with Crippen LogP contribution in [0.3, 0.4) is 0 Å². The van der Waals surface area contributed by atoms with E-state index in [1.165, 1.54) is 4.70 Å². The third-order valence-electron chi connectivity index (χ3n) is 3.81. The fraction of sp³-hybridized carbons (Fsp3) is 0.333. The molecule has 104 valence electrons. The molecule has 1 aromatic carbocycles. The van der Waals surface area contributed by atoms with E-state index >= 15 is 0 Å². The molecular weight excluding hydrogens is 272 g/mol. The largest absolute Gasteiger partial charge is 0.369 e. The molecule has 2 N–H and O–H groups in total. The molecule has 0 radical (unpaired) electrons. The number of likely N-dealkylation sites (tertiary alicyclic amines) is 1. The number of carbonyl (C=O) groups excluding carboxylic acids is 2. The van der Waals surface area contributed by atoms with Crippen LogP contribution in [0.2, 0.25) is 0 Å². The number of nitrogens with two attached hydrogens (primary N) is 1. The molecule has 1 fully saturated rings. The number of hydrogen-bond donors (Lipinski definition) is 1. The Bertz CT molecular complexity index is 665. The van der Waals surface area contributed by atoms with Crippen molar-refractivity contribution < 1.29 is 9.59 Å². The van der Waals surface area contributed by atoms with E-state index < -0.39 is 0 Å². The number of primary amides is 1. The van der Waals surface area contributed by atoms with Gasteiger partial charge in [-0.05, 0) is 47.9 Å². The number of nitrogens with zero attached hydrogens (tertiary/aromatic N) is 1. The van der Waals surface area contributed by atoms with Crippen molar-refractivity contribution in [3.8, 4) is 0 Å². The van der Waals surface area contributed by atoms with Crippen LogP contribution in [0.4, 0.5) is 0 Å². The number of rotatable bonds is 2. The van der Waals surface area contributed by atoms with Crippen LogP contribution in [0.15, 0.2) is 29.6 Å². The number of benzene rings is 1. The van der Waals surface area contributed by atoms with E-state index in [4.69, 9.17) is 5.73 Å². The zero-order valence-corrected chi connectivity index (χ0v) is 11.9. The van der Waals surface area contributed by atoms with Gasteiger partial charge in [0, 0.05) is 23.4 Å². The third kappa shape index (κ3) is 2.41. The summed E-state index contributed by atoms with van der Waals surface area (Å²) in [6, 6.07) is 7.76. The molecule has 0 aliphatic carbocycles. The summed E-state index contributed by atoms with van der Waals surface area (Å²) in [5.74, 6) is -0.530. The molecule has 5 heteroatoms. The van der Waals surface area contributed by atoms with E-state index in [1.54, 1.807) is 16.2 Å². The van der Waals surface area contributed by atoms with Crippen LogP contribution in [-0.4, -0.2) is 29.8 Å². The molecule has 1 aromatic heterocycles. The van der Waals surface area contributed by atoms with Crippen LogP contribution in [0.5, 0.6) is 0 Å². The van der Waals surface area contributed by atoms with Gasteiger partial charge in [0.25, 0.3) is 5.91 Å². The van der Waals surface area contributed by atoms with Crippen molar-refractivity contribution in [3.05, 3.63) is 35.2 Å². The lowest BCUT2D eigenvalue weighted by molar-refractivity contribution is -0.123. The van der Waals surface area contributed by atoms with Crippen LogP contribution in [0, 0.1) is 5.92 Å². The molecule has 1 saturated heterocycles. The van der Waals surface area contributed by atoms with E-state index in [-0.39, 0.29) is 17.7 Å². The lowest BCUT2D eigenvalue weighted by Gasteiger charge is -2.31. The summed E-state index contributed by atoms with van der Waals surface area (Å²) in [7, 11) is 0. The van der Waals surface area contributed by atoms with Crippen LogP contribution < -0.4 is 5.73 Å². The van der Waals surface area contributed by atoms with E-state index in [0.29, 0.717) is 18.7 Å². The van der Waals surface area contributed by atoms with Gasteiger partial charge in [0.1, 0.15) is 0 Å². The molecule has 0 spiro atoms. The first kappa shape index (κ1) is 13.1. The first-order chi connectivity index (χ1) is 9.65. The fourth-order valence-corrected chi connectivity index (χ4v) is 3.45. The summed E-state index contributed by atoms with van der Waals surface area (Å²) >= 11 is 1.66. The monoisotopic (exact) mass is 288 g/mol. The second-order valence-corrected chi connectivity index (χ2v) is 6.11. The predicted molar refractivity (Wildman–Crippen MR) is 79.6 cm³/mol. The fourth-order valence-electron chi connectivity index (χ4n) is 2.68. The molecule has 1 aliphatic rings. The Hall–Kier alpha value is -1.88. The Morgan fingerprint density at radius 2 is 2.15 bits per heavy atom. The first-order valence-corrected chi connectivity index (χ1v) is 7.59. The summed E-state index contributed by atoms with van der Waals surface area (Å²) in [6.45, 7) is 1.14. The Morgan fingerprint density at radius 3 is 2.95 bits per heavy atom. The molecule has 4 nitrogen and oxygen atoms in total. The molecule has 1 aliphatic heterocycles. The van der Waals surface area contributed by atoms with Gasteiger partial charge in [0.05, 0.1) is 5.92 Å². The molecule has 0 bridgehead atoms. The van der Waals surface area contributed by atoms with Gasteiger partial charge < -0.3 is 10.6 Å². The minimum atomic E-state index is -0.309. The Kier molecular flexibility index (Phi) is 3.44. The van der Waals surface area contributed by atoms with Gasteiger partial charge in [-0.1, -0.05) is 0 Å². The van der Waals surface area contributed by atoms with Crippen molar-refractivity contribution in [3.63, 3.8) is 0 Å². The zero-order chi connectivity index (χ0) is 14.1. The number of hydrogen-bond acceptors (Lipinski definition) is 3. The topological polar surface area (TPSA) is 63.4 Å². The standard InChI is InChI=1S/C15H16N2O2S/c16-14(18)12-2-1-6-17(9-12)15(19)11-3-4-13-10(8-11)5-7-20-13/h3-5,7-8,12H,1-2,6,9H2,(H2,16,18)/t12-/m1/s1. The summed E-state index contributed by atoms with van der Waals surface area (Å²) in [5, 5.41) is 3.10. The van der Waals surface area contributed by atoms with Gasteiger partial charge in [-0.15, -0.1) is 11.3 Å². The highest BCUT2D eigenvalue weighted by Crippen LogP contribution is 2.24. The maximum absolute atomic E-state index is 12.5. The average molecular weight is 288 g/mol. The van der Waals surface area contributed by atoms with Gasteiger partial charge in [-0.25, -0.2) is 0 Å². The first-order valence-electron chi connectivity index (χ1n) is 6.71. The van der Waals surface area contributed by atoms with Crippen molar-refractivity contribution in [2.75, 3.05) is 13.1 Å². The quantitative estimate of drug-likeness (QED) is 0.921. The van der Waals surface area contributed by atoms with Crippen LogP contribution in [0.25, 0.3) is 10.1 Å². The smallest absolute Gasteiger partial charge is 0.253 e. The maximum atomic E-state index is 12.5. The molecule has 1 atom stereocenters. The normalized spacial score (nSPS) is 19.2. The van der Waals surface area contributed by atoms with E-state index in [9.17, 15) is 9.59 Å². The average Bonchev–Trinajstić information content (AvgIpc) is 2.94. The Balaban J connectivity index is 1.82. The van der Waals surface area contributed by atoms with E-state index in [1.807, 2.05) is 29.6 Å². The van der Waals surface area contributed by atoms with Crippen LogP contribution in [-0.2, 0) is 4.79 Å². The second kappa shape index (κ2) is 5.25. The summed E-state index contributed by atoms with van der Waals surface area (Å²) in [4.78, 5) is 25.5. The predicted octanol–water partition coefficient (Wildman–Crippen LogP) is 2.24. The maximum Gasteiger partial charge on any atom is 0.253 e. The van der Waals surface area contributed by atoms with Gasteiger partial charge >= 0.3 is 0 Å².